The number of carbonyl (C=O) groups excluding carboxylic acids is 2. The van der Waals surface area contributed by atoms with Crippen molar-refractivity contribution in [1.82, 2.24) is 9.80 Å². The smallest absolute Gasteiger partial charge is 0.410 e. The van der Waals surface area contributed by atoms with Crippen LogP contribution in [0.3, 0.4) is 0 Å². The first-order valence-corrected chi connectivity index (χ1v) is 11.0. The lowest BCUT2D eigenvalue weighted by molar-refractivity contribution is 0.0141. The number of amides is 2. The van der Waals surface area contributed by atoms with Crippen LogP contribution in [0, 0.1) is 0 Å². The van der Waals surface area contributed by atoms with Crippen LogP contribution in [0.25, 0.3) is 0 Å². The zero-order valence-corrected chi connectivity index (χ0v) is 17.7. The van der Waals surface area contributed by atoms with Gasteiger partial charge in [0, 0.05) is 37.4 Å². The van der Waals surface area contributed by atoms with Gasteiger partial charge in [0.1, 0.15) is 5.60 Å². The van der Waals surface area contributed by atoms with E-state index >= 15 is 0 Å². The molecule has 0 saturated carbocycles. The van der Waals surface area contributed by atoms with Gasteiger partial charge < -0.3 is 14.5 Å². The fraction of sp³-hybridized carbons (Fsp3) is 0.579. The Morgan fingerprint density at radius 1 is 1.11 bits per heavy atom. The van der Waals surface area contributed by atoms with E-state index in [1.807, 2.05) is 20.8 Å². The minimum Gasteiger partial charge on any atom is -0.444 e. The molecule has 1 saturated heterocycles. The van der Waals surface area contributed by atoms with Gasteiger partial charge in [-0.2, -0.15) is 0 Å². The third-order valence-corrected chi connectivity index (χ3v) is 5.57. The van der Waals surface area contributed by atoms with Crippen LogP contribution in [0.2, 0.25) is 0 Å². The molecule has 28 heavy (non-hydrogen) atoms. The number of hydrogen-bond acceptors (Lipinski definition) is 5. The summed E-state index contributed by atoms with van der Waals surface area (Å²) in [6, 6.07) is 6.45. The van der Waals surface area contributed by atoms with Gasteiger partial charge in [0.2, 0.25) is 10.0 Å². The van der Waals surface area contributed by atoms with Crippen LogP contribution in [-0.4, -0.2) is 67.8 Å². The number of sulfonamides is 1. The topological polar surface area (TPSA) is 96.0 Å². The van der Waals surface area contributed by atoms with Gasteiger partial charge in [-0.15, -0.1) is 0 Å². The van der Waals surface area contributed by atoms with Crippen LogP contribution in [0.5, 0.6) is 0 Å². The summed E-state index contributed by atoms with van der Waals surface area (Å²) in [4.78, 5) is 28.1. The van der Waals surface area contributed by atoms with E-state index in [-0.39, 0.29) is 17.8 Å². The van der Waals surface area contributed by atoms with Crippen molar-refractivity contribution in [2.45, 2.75) is 39.7 Å². The molecule has 0 radical (unpaired) electrons. The number of anilines is 1. The van der Waals surface area contributed by atoms with E-state index in [0.29, 0.717) is 43.9 Å². The molecule has 0 bridgehead atoms. The first-order valence-electron chi connectivity index (χ1n) is 9.38. The standard InChI is InChI=1S/C19H29N3O5S/c1-5-13-28(25,26)20-16-8-6-7-15(14-16)17(23)21-9-11-22(12-10-21)18(24)27-19(2,3)4/h6-8,14,20H,5,9-13H2,1-4H3. The van der Waals surface area contributed by atoms with Gasteiger partial charge in [-0.1, -0.05) is 13.0 Å². The van der Waals surface area contributed by atoms with Crippen LogP contribution in [0.1, 0.15) is 44.5 Å². The van der Waals surface area contributed by atoms with Crippen molar-refractivity contribution in [2.24, 2.45) is 0 Å². The molecule has 1 heterocycles. The lowest BCUT2D eigenvalue weighted by Gasteiger charge is -2.35. The second kappa shape index (κ2) is 8.81. The van der Waals surface area contributed by atoms with Gasteiger partial charge >= 0.3 is 6.09 Å². The normalized spacial score (nSPS) is 15.3. The van der Waals surface area contributed by atoms with Crippen molar-refractivity contribution in [2.75, 3.05) is 36.7 Å². The quantitative estimate of drug-likeness (QED) is 0.803. The van der Waals surface area contributed by atoms with E-state index in [0.717, 1.165) is 0 Å². The Balaban J connectivity index is 1.98. The number of hydrogen-bond donors (Lipinski definition) is 1. The molecule has 0 aliphatic carbocycles. The molecule has 1 aromatic rings. The third-order valence-electron chi connectivity index (χ3n) is 4.07. The van der Waals surface area contributed by atoms with Crippen molar-refractivity contribution < 1.29 is 22.7 Å². The van der Waals surface area contributed by atoms with Crippen LogP contribution in [-0.2, 0) is 14.8 Å². The highest BCUT2D eigenvalue weighted by Gasteiger charge is 2.28. The Hall–Kier alpha value is -2.29. The molecule has 1 aromatic carbocycles. The average Bonchev–Trinajstić information content (AvgIpc) is 2.59. The molecule has 1 aliphatic heterocycles. The fourth-order valence-electron chi connectivity index (χ4n) is 2.82. The summed E-state index contributed by atoms with van der Waals surface area (Å²) in [5, 5.41) is 0. The van der Waals surface area contributed by atoms with E-state index in [9.17, 15) is 18.0 Å². The molecule has 9 heteroatoms. The molecular weight excluding hydrogens is 382 g/mol. The SMILES string of the molecule is CCCS(=O)(=O)Nc1cccc(C(=O)N2CCN(C(=O)OC(C)(C)C)CC2)c1. The molecule has 156 valence electrons. The molecule has 1 fully saturated rings. The highest BCUT2D eigenvalue weighted by Crippen LogP contribution is 2.17. The van der Waals surface area contributed by atoms with E-state index < -0.39 is 15.6 Å². The second-order valence-corrected chi connectivity index (χ2v) is 9.60. The Morgan fingerprint density at radius 3 is 2.29 bits per heavy atom. The number of benzene rings is 1. The van der Waals surface area contributed by atoms with Crippen molar-refractivity contribution in [3.8, 4) is 0 Å². The number of piperazine rings is 1. The highest BCUT2D eigenvalue weighted by atomic mass is 32.2. The Labute approximate surface area is 166 Å². The summed E-state index contributed by atoms with van der Waals surface area (Å²) < 4.78 is 31.7. The lowest BCUT2D eigenvalue weighted by Crippen LogP contribution is -2.51. The third kappa shape index (κ3) is 6.40. The summed E-state index contributed by atoms with van der Waals surface area (Å²) in [5.74, 6) is -0.168. The highest BCUT2D eigenvalue weighted by molar-refractivity contribution is 7.92. The molecule has 0 atom stereocenters. The summed E-state index contributed by atoms with van der Waals surface area (Å²) in [6.07, 6.45) is 0.127. The van der Waals surface area contributed by atoms with E-state index in [4.69, 9.17) is 4.74 Å². The van der Waals surface area contributed by atoms with Gasteiger partial charge in [0.15, 0.2) is 0 Å². The number of ether oxygens (including phenoxy) is 1. The maximum Gasteiger partial charge on any atom is 0.410 e. The first kappa shape index (κ1) is 22.0. The van der Waals surface area contributed by atoms with Crippen molar-refractivity contribution in [1.29, 1.82) is 0 Å². The lowest BCUT2D eigenvalue weighted by atomic mass is 10.1. The largest absolute Gasteiger partial charge is 0.444 e. The van der Waals surface area contributed by atoms with Crippen molar-refractivity contribution in [3.63, 3.8) is 0 Å². The minimum atomic E-state index is -3.42. The maximum atomic E-state index is 12.8. The van der Waals surface area contributed by atoms with Gasteiger partial charge in [0.25, 0.3) is 5.91 Å². The van der Waals surface area contributed by atoms with Gasteiger partial charge in [-0.3, -0.25) is 9.52 Å². The summed E-state index contributed by atoms with van der Waals surface area (Å²) in [6.45, 7) is 8.79. The molecule has 0 aromatic heterocycles. The Morgan fingerprint density at radius 2 is 1.71 bits per heavy atom. The average molecular weight is 412 g/mol. The Kier molecular flexibility index (Phi) is 6.92. The molecule has 1 N–H and O–H groups in total. The van der Waals surface area contributed by atoms with Gasteiger partial charge in [0.05, 0.1) is 5.75 Å². The molecule has 2 amide bonds. The van der Waals surface area contributed by atoms with Crippen LogP contribution in [0.15, 0.2) is 24.3 Å². The van der Waals surface area contributed by atoms with Crippen LogP contribution >= 0.6 is 0 Å². The van der Waals surface area contributed by atoms with Crippen molar-refractivity contribution >= 4 is 27.7 Å². The summed E-state index contributed by atoms with van der Waals surface area (Å²) in [7, 11) is -3.42. The predicted molar refractivity (Wildman–Crippen MR) is 108 cm³/mol. The molecule has 2 rings (SSSR count). The number of carbonyl (C=O) groups is 2. The molecule has 0 unspecified atom stereocenters. The van der Waals surface area contributed by atoms with Crippen LogP contribution < -0.4 is 4.72 Å². The predicted octanol–water partition coefficient (Wildman–Crippen LogP) is 2.53. The van der Waals surface area contributed by atoms with E-state index in [1.54, 1.807) is 34.9 Å². The fourth-order valence-corrected chi connectivity index (χ4v) is 3.94. The number of nitrogens with one attached hydrogen (secondary N) is 1. The molecule has 8 nitrogen and oxygen atoms in total. The minimum absolute atomic E-state index is 0.0256. The molecule has 0 spiro atoms. The number of nitrogens with zero attached hydrogens (tertiary/aromatic N) is 2. The summed E-state index contributed by atoms with van der Waals surface area (Å²) in [5.41, 5.74) is 0.212. The number of rotatable bonds is 5. The zero-order valence-electron chi connectivity index (χ0n) is 16.9. The van der Waals surface area contributed by atoms with Crippen molar-refractivity contribution in [3.05, 3.63) is 29.8 Å². The molecular formula is C19H29N3O5S. The summed E-state index contributed by atoms with van der Waals surface area (Å²) >= 11 is 0. The van der Waals surface area contributed by atoms with Gasteiger partial charge in [-0.25, -0.2) is 13.2 Å². The van der Waals surface area contributed by atoms with E-state index in [1.165, 1.54) is 6.07 Å². The van der Waals surface area contributed by atoms with E-state index in [2.05, 4.69) is 4.72 Å². The van der Waals surface area contributed by atoms with Crippen LogP contribution in [0.4, 0.5) is 10.5 Å². The zero-order chi connectivity index (χ0) is 20.9. The monoisotopic (exact) mass is 411 g/mol. The molecule has 1 aliphatic rings. The van der Waals surface area contributed by atoms with Gasteiger partial charge in [-0.05, 0) is 45.4 Å². The second-order valence-electron chi connectivity index (χ2n) is 7.76. The Bertz CT molecular complexity index is 809. The maximum absolute atomic E-state index is 12.8. The first-order chi connectivity index (χ1) is 13.0.